The third-order valence-corrected chi connectivity index (χ3v) is 5.29. The van der Waals surface area contributed by atoms with Crippen LogP contribution in [0.5, 0.6) is 0 Å². The van der Waals surface area contributed by atoms with E-state index in [-0.39, 0.29) is 11.7 Å². The Bertz CT molecular complexity index is 632. The van der Waals surface area contributed by atoms with Crippen molar-refractivity contribution in [3.05, 3.63) is 34.9 Å². The van der Waals surface area contributed by atoms with Crippen LogP contribution in [0.15, 0.2) is 24.3 Å². The molecule has 1 aromatic rings. The zero-order chi connectivity index (χ0) is 18.5. The highest BCUT2D eigenvalue weighted by Gasteiger charge is 2.33. The van der Waals surface area contributed by atoms with Gasteiger partial charge in [-0.1, -0.05) is 11.6 Å². The smallest absolute Gasteiger partial charge is 0.263 e. The summed E-state index contributed by atoms with van der Waals surface area (Å²) in [5.74, 6) is -0.344. The first-order chi connectivity index (χ1) is 12.6. The van der Waals surface area contributed by atoms with Crippen LogP contribution in [0, 0.1) is 5.92 Å². The van der Waals surface area contributed by atoms with E-state index >= 15 is 0 Å². The summed E-state index contributed by atoms with van der Waals surface area (Å²) >= 11 is 5.88. The number of hydroxylamine groups is 5. The minimum atomic E-state index is -0.484. The molecule has 2 heterocycles. The lowest BCUT2D eigenvalue weighted by Crippen LogP contribution is -2.52. The summed E-state index contributed by atoms with van der Waals surface area (Å²) in [5, 5.41) is 12.9. The van der Waals surface area contributed by atoms with Crippen molar-refractivity contribution >= 4 is 23.3 Å². The van der Waals surface area contributed by atoms with Gasteiger partial charge < -0.3 is 0 Å². The van der Waals surface area contributed by atoms with E-state index in [1.165, 1.54) is 0 Å². The number of hydrogen-bond donors (Lipinski definition) is 2. The highest BCUT2D eigenvalue weighted by atomic mass is 35.5. The summed E-state index contributed by atoms with van der Waals surface area (Å²) in [6.45, 7) is 1.88. The van der Waals surface area contributed by atoms with Gasteiger partial charge in [-0.15, -0.1) is 0 Å². The number of hydrogen-bond acceptors (Lipinski definition) is 6. The molecule has 26 heavy (non-hydrogen) atoms. The summed E-state index contributed by atoms with van der Waals surface area (Å²) in [6, 6.07) is 6.51. The van der Waals surface area contributed by atoms with Crippen molar-refractivity contribution in [3.63, 3.8) is 0 Å². The molecule has 2 aliphatic heterocycles. The Hall–Kier alpha value is -1.51. The molecule has 1 atom stereocenters. The third-order valence-electron chi connectivity index (χ3n) is 5.04. The topological polar surface area (TPSA) is 82.1 Å². The van der Waals surface area contributed by atoms with Crippen LogP contribution in [-0.2, 0) is 9.73 Å². The minimum absolute atomic E-state index is 0.0334. The molecule has 7 nitrogen and oxygen atoms in total. The maximum absolute atomic E-state index is 12.6. The molecule has 0 bridgehead atoms. The monoisotopic (exact) mass is 381 g/mol. The van der Waals surface area contributed by atoms with Crippen molar-refractivity contribution < 1.29 is 19.7 Å². The van der Waals surface area contributed by atoms with Gasteiger partial charge in [0.25, 0.3) is 5.91 Å². The highest BCUT2D eigenvalue weighted by Crippen LogP contribution is 2.25. The van der Waals surface area contributed by atoms with Crippen molar-refractivity contribution in [2.75, 3.05) is 19.6 Å². The maximum Gasteiger partial charge on any atom is 0.263 e. The van der Waals surface area contributed by atoms with Gasteiger partial charge in [0.05, 0.1) is 0 Å². The molecule has 2 fully saturated rings. The van der Waals surface area contributed by atoms with Crippen molar-refractivity contribution in [2.24, 2.45) is 5.92 Å². The summed E-state index contributed by atoms with van der Waals surface area (Å²) in [7, 11) is 0. The lowest BCUT2D eigenvalue weighted by Gasteiger charge is -2.38. The third kappa shape index (κ3) is 4.61. The lowest BCUT2D eigenvalue weighted by atomic mass is 9.89. The van der Waals surface area contributed by atoms with Gasteiger partial charge >= 0.3 is 0 Å². The molecule has 8 heteroatoms. The fourth-order valence-corrected chi connectivity index (χ4v) is 3.66. The maximum atomic E-state index is 12.6. The van der Waals surface area contributed by atoms with E-state index in [9.17, 15) is 9.59 Å². The molecule has 0 saturated carbocycles. The predicted molar refractivity (Wildman–Crippen MR) is 95.4 cm³/mol. The number of nitrogens with zero attached hydrogens (tertiary/aromatic N) is 2. The highest BCUT2D eigenvalue weighted by molar-refractivity contribution is 6.30. The van der Waals surface area contributed by atoms with E-state index in [1.807, 2.05) is 0 Å². The second kappa shape index (κ2) is 8.92. The van der Waals surface area contributed by atoms with Gasteiger partial charge in [-0.3, -0.25) is 14.8 Å². The molecule has 0 spiro atoms. The van der Waals surface area contributed by atoms with E-state index in [1.54, 1.807) is 39.9 Å². The van der Waals surface area contributed by atoms with Gasteiger partial charge in [-0.25, -0.2) is 10.4 Å². The summed E-state index contributed by atoms with van der Waals surface area (Å²) in [6.07, 6.45) is 3.92. The summed E-state index contributed by atoms with van der Waals surface area (Å²) < 4.78 is 0. The number of halogens is 1. The van der Waals surface area contributed by atoms with Crippen molar-refractivity contribution in [2.45, 2.75) is 38.1 Å². The number of amides is 1. The standard InChI is InChI=1S/C18H24ClN3O4/c19-15-6-4-13(5-7-15)17(23)14-8-11-21(12-9-14)26-22-10-2-1-3-16(22)18(24)20-25/h4-7,14,16,25H,1-3,8-12H2,(H,20,24). The number of carbonyl (C=O) groups is 2. The van der Waals surface area contributed by atoms with Crippen LogP contribution in [0.3, 0.4) is 0 Å². The zero-order valence-corrected chi connectivity index (χ0v) is 15.3. The number of nitrogens with one attached hydrogen (secondary N) is 1. The quantitative estimate of drug-likeness (QED) is 0.463. The Kier molecular flexibility index (Phi) is 6.61. The number of piperidine rings is 2. The van der Waals surface area contributed by atoms with Crippen LogP contribution >= 0.6 is 11.6 Å². The minimum Gasteiger partial charge on any atom is -0.294 e. The van der Waals surface area contributed by atoms with Gasteiger partial charge in [-0.05, 0) is 56.4 Å². The first-order valence-corrected chi connectivity index (χ1v) is 9.39. The van der Waals surface area contributed by atoms with Crippen molar-refractivity contribution in [1.29, 1.82) is 0 Å². The fraction of sp³-hybridized carbons (Fsp3) is 0.556. The molecule has 2 N–H and O–H groups in total. The second-order valence-electron chi connectivity index (χ2n) is 6.78. The molecule has 1 aromatic carbocycles. The molecule has 2 aliphatic rings. The van der Waals surface area contributed by atoms with E-state index in [2.05, 4.69) is 0 Å². The van der Waals surface area contributed by atoms with Gasteiger partial charge in [0.2, 0.25) is 0 Å². The molecule has 1 unspecified atom stereocenters. The normalized spacial score (nSPS) is 22.9. The van der Waals surface area contributed by atoms with E-state index in [0.717, 1.165) is 12.8 Å². The first kappa shape index (κ1) is 19.3. The molecule has 0 radical (unpaired) electrons. The van der Waals surface area contributed by atoms with Gasteiger partial charge in [0.15, 0.2) is 5.78 Å². The van der Waals surface area contributed by atoms with Gasteiger partial charge in [-0.2, -0.15) is 10.1 Å². The number of rotatable bonds is 5. The Balaban J connectivity index is 1.52. The Morgan fingerprint density at radius 1 is 1.08 bits per heavy atom. The lowest BCUT2D eigenvalue weighted by molar-refractivity contribution is -0.346. The zero-order valence-electron chi connectivity index (χ0n) is 14.6. The molecular formula is C18H24ClN3O4. The van der Waals surface area contributed by atoms with Gasteiger partial charge in [0, 0.05) is 36.1 Å². The van der Waals surface area contributed by atoms with Gasteiger partial charge in [0.1, 0.15) is 6.04 Å². The molecule has 0 aliphatic carbocycles. The van der Waals surface area contributed by atoms with Crippen LogP contribution in [0.25, 0.3) is 0 Å². The van der Waals surface area contributed by atoms with Crippen LogP contribution in [0.2, 0.25) is 5.02 Å². The molecule has 0 aromatic heterocycles. The Labute approximate surface area is 157 Å². The van der Waals surface area contributed by atoms with Crippen molar-refractivity contribution in [1.82, 2.24) is 15.6 Å². The summed E-state index contributed by atoms with van der Waals surface area (Å²) in [4.78, 5) is 30.3. The largest absolute Gasteiger partial charge is 0.294 e. The predicted octanol–water partition coefficient (Wildman–Crippen LogP) is 2.44. The summed E-state index contributed by atoms with van der Waals surface area (Å²) in [5.41, 5.74) is 2.40. The average Bonchev–Trinajstić information content (AvgIpc) is 2.68. The fourth-order valence-electron chi connectivity index (χ4n) is 3.54. The molecular weight excluding hydrogens is 358 g/mol. The number of carbonyl (C=O) groups excluding carboxylic acids is 2. The molecule has 3 rings (SSSR count). The van der Waals surface area contributed by atoms with Crippen molar-refractivity contribution in [3.8, 4) is 0 Å². The second-order valence-corrected chi connectivity index (χ2v) is 7.22. The first-order valence-electron chi connectivity index (χ1n) is 9.02. The van der Waals surface area contributed by atoms with Crippen LogP contribution in [-0.4, -0.2) is 52.7 Å². The number of benzene rings is 1. The van der Waals surface area contributed by atoms with Crippen LogP contribution in [0.1, 0.15) is 42.5 Å². The van der Waals surface area contributed by atoms with E-state index < -0.39 is 11.9 Å². The average molecular weight is 382 g/mol. The molecule has 1 amide bonds. The Morgan fingerprint density at radius 3 is 2.42 bits per heavy atom. The Morgan fingerprint density at radius 2 is 1.77 bits per heavy atom. The number of ketones is 1. The van der Waals surface area contributed by atoms with Crippen LogP contribution < -0.4 is 5.48 Å². The molecule has 142 valence electrons. The molecule has 2 saturated heterocycles. The van der Waals surface area contributed by atoms with E-state index in [4.69, 9.17) is 21.7 Å². The number of Topliss-reactive ketones (excluding diaryl/α,β-unsaturated/α-hetero) is 1. The SMILES string of the molecule is O=C(c1ccc(Cl)cc1)C1CCN(ON2CCCCC2C(=O)NO)CC1. The van der Waals surface area contributed by atoms with Crippen LogP contribution in [0.4, 0.5) is 0 Å². The van der Waals surface area contributed by atoms with E-state index in [0.29, 0.717) is 49.5 Å².